The second kappa shape index (κ2) is 4.63. The van der Waals surface area contributed by atoms with Crippen molar-refractivity contribution in [2.45, 2.75) is 0 Å². The van der Waals surface area contributed by atoms with Crippen molar-refractivity contribution in [1.82, 2.24) is 4.98 Å². The van der Waals surface area contributed by atoms with Gasteiger partial charge in [-0.1, -0.05) is 18.2 Å². The van der Waals surface area contributed by atoms with E-state index in [9.17, 15) is 5.11 Å². The largest absolute Gasteiger partial charge is 0.508 e. The third kappa shape index (κ3) is 2.13. The quantitative estimate of drug-likeness (QED) is 0.743. The molecule has 0 spiro atoms. The highest BCUT2D eigenvalue weighted by Crippen LogP contribution is 2.27. The van der Waals surface area contributed by atoms with Gasteiger partial charge in [0.05, 0.1) is 10.6 Å². The molecule has 0 unspecified atom stereocenters. The topological polar surface area (TPSA) is 33.1 Å². The van der Waals surface area contributed by atoms with E-state index in [1.807, 2.05) is 35.8 Å². The van der Waals surface area contributed by atoms with Crippen molar-refractivity contribution in [2.75, 3.05) is 0 Å². The summed E-state index contributed by atoms with van der Waals surface area (Å²) in [4.78, 5) is 5.55. The van der Waals surface area contributed by atoms with E-state index in [0.29, 0.717) is 0 Å². The molecule has 2 heterocycles. The van der Waals surface area contributed by atoms with Crippen molar-refractivity contribution in [3.8, 4) is 27.4 Å². The first kappa shape index (κ1) is 11.0. The van der Waals surface area contributed by atoms with Crippen LogP contribution >= 0.6 is 11.3 Å². The van der Waals surface area contributed by atoms with Gasteiger partial charge in [-0.3, -0.25) is 4.98 Å². The van der Waals surface area contributed by atoms with Gasteiger partial charge in [-0.25, -0.2) is 0 Å². The summed E-state index contributed by atoms with van der Waals surface area (Å²) < 4.78 is 0. The van der Waals surface area contributed by atoms with Gasteiger partial charge in [-0.05, 0) is 46.8 Å². The maximum Gasteiger partial charge on any atom is 0.115 e. The molecule has 1 aromatic carbocycles. The van der Waals surface area contributed by atoms with Crippen LogP contribution in [0.25, 0.3) is 21.7 Å². The molecule has 0 atom stereocenters. The second-order valence-corrected chi connectivity index (χ2v) is 4.90. The van der Waals surface area contributed by atoms with Crippen LogP contribution in [0.1, 0.15) is 0 Å². The Morgan fingerprint density at radius 2 is 1.78 bits per heavy atom. The molecule has 3 heteroatoms. The third-order valence-electron chi connectivity index (χ3n) is 2.73. The minimum Gasteiger partial charge on any atom is -0.508 e. The SMILES string of the molecule is Oc1ccc(-c2ccnc(-c3cccs3)c2)cc1. The first-order valence-electron chi connectivity index (χ1n) is 5.62. The third-order valence-corrected chi connectivity index (χ3v) is 3.63. The number of pyridine rings is 1. The van der Waals surface area contributed by atoms with Crippen LogP contribution in [0.5, 0.6) is 5.75 Å². The molecule has 0 aliphatic heterocycles. The molecule has 1 N–H and O–H groups in total. The number of rotatable bonds is 2. The number of aromatic nitrogens is 1. The zero-order valence-corrected chi connectivity index (χ0v) is 10.4. The average molecular weight is 253 g/mol. The summed E-state index contributed by atoms with van der Waals surface area (Å²) in [5, 5.41) is 11.3. The van der Waals surface area contributed by atoms with E-state index < -0.39 is 0 Å². The van der Waals surface area contributed by atoms with Gasteiger partial charge in [0.2, 0.25) is 0 Å². The smallest absolute Gasteiger partial charge is 0.115 e. The predicted octanol–water partition coefficient (Wildman–Crippen LogP) is 4.18. The molecule has 0 fully saturated rings. The summed E-state index contributed by atoms with van der Waals surface area (Å²) in [6, 6.07) is 15.3. The molecule has 2 aromatic heterocycles. The minimum atomic E-state index is 0.284. The van der Waals surface area contributed by atoms with Crippen LogP contribution in [0, 0.1) is 0 Å². The zero-order valence-electron chi connectivity index (χ0n) is 9.58. The van der Waals surface area contributed by atoms with E-state index in [2.05, 4.69) is 17.1 Å². The molecule has 0 saturated heterocycles. The monoisotopic (exact) mass is 253 g/mol. The molecular weight excluding hydrogens is 242 g/mol. The molecule has 18 heavy (non-hydrogen) atoms. The van der Waals surface area contributed by atoms with E-state index in [0.717, 1.165) is 21.7 Å². The summed E-state index contributed by atoms with van der Waals surface area (Å²) in [7, 11) is 0. The molecule has 3 aromatic rings. The Hall–Kier alpha value is -2.13. The number of hydrogen-bond acceptors (Lipinski definition) is 3. The Balaban J connectivity index is 2.03. The van der Waals surface area contributed by atoms with Crippen molar-refractivity contribution >= 4 is 11.3 Å². The lowest BCUT2D eigenvalue weighted by Gasteiger charge is -2.03. The molecule has 0 bridgehead atoms. The molecule has 3 rings (SSSR count). The number of hydrogen-bond donors (Lipinski definition) is 1. The maximum absolute atomic E-state index is 9.30. The van der Waals surface area contributed by atoms with Crippen molar-refractivity contribution < 1.29 is 5.11 Å². The van der Waals surface area contributed by atoms with Crippen LogP contribution in [0.3, 0.4) is 0 Å². The van der Waals surface area contributed by atoms with Crippen LogP contribution in [0.15, 0.2) is 60.1 Å². The molecule has 0 aliphatic carbocycles. The van der Waals surface area contributed by atoms with Crippen molar-refractivity contribution in [2.24, 2.45) is 0 Å². The van der Waals surface area contributed by atoms with Crippen LogP contribution < -0.4 is 0 Å². The fourth-order valence-corrected chi connectivity index (χ4v) is 2.52. The van der Waals surface area contributed by atoms with Gasteiger partial charge in [0.1, 0.15) is 5.75 Å². The molecule has 2 nitrogen and oxygen atoms in total. The lowest BCUT2D eigenvalue weighted by atomic mass is 10.1. The van der Waals surface area contributed by atoms with Gasteiger partial charge in [0, 0.05) is 6.20 Å². The highest BCUT2D eigenvalue weighted by Gasteiger charge is 2.03. The zero-order chi connectivity index (χ0) is 12.4. The Bertz CT molecular complexity index is 645. The summed E-state index contributed by atoms with van der Waals surface area (Å²) in [6.07, 6.45) is 1.82. The lowest BCUT2D eigenvalue weighted by molar-refractivity contribution is 0.475. The standard InChI is InChI=1S/C15H11NOS/c17-13-5-3-11(4-6-13)12-7-8-16-14(10-12)15-2-1-9-18-15/h1-10,17H. The Morgan fingerprint density at radius 1 is 0.944 bits per heavy atom. The summed E-state index contributed by atoms with van der Waals surface area (Å²) in [5.74, 6) is 0.284. The van der Waals surface area contributed by atoms with E-state index in [4.69, 9.17) is 0 Å². The number of benzene rings is 1. The Kier molecular flexibility index (Phi) is 2.82. The second-order valence-electron chi connectivity index (χ2n) is 3.95. The van der Waals surface area contributed by atoms with E-state index in [1.54, 1.807) is 23.5 Å². The van der Waals surface area contributed by atoms with Crippen LogP contribution in [0.2, 0.25) is 0 Å². The first-order chi connectivity index (χ1) is 8.83. The number of nitrogens with zero attached hydrogens (tertiary/aromatic N) is 1. The lowest BCUT2D eigenvalue weighted by Crippen LogP contribution is -1.82. The number of thiophene rings is 1. The van der Waals surface area contributed by atoms with Gasteiger partial charge >= 0.3 is 0 Å². The van der Waals surface area contributed by atoms with E-state index >= 15 is 0 Å². The van der Waals surface area contributed by atoms with Gasteiger partial charge in [-0.15, -0.1) is 11.3 Å². The normalized spacial score (nSPS) is 10.4. The molecular formula is C15H11NOS. The minimum absolute atomic E-state index is 0.284. The summed E-state index contributed by atoms with van der Waals surface area (Å²) in [5.41, 5.74) is 3.16. The molecule has 88 valence electrons. The molecule has 0 aliphatic rings. The van der Waals surface area contributed by atoms with Crippen molar-refractivity contribution in [1.29, 1.82) is 0 Å². The Morgan fingerprint density at radius 3 is 2.50 bits per heavy atom. The first-order valence-corrected chi connectivity index (χ1v) is 6.50. The Labute approximate surface area is 109 Å². The summed E-state index contributed by atoms with van der Waals surface area (Å²) >= 11 is 1.68. The fraction of sp³-hybridized carbons (Fsp3) is 0. The van der Waals surface area contributed by atoms with Crippen molar-refractivity contribution in [3.63, 3.8) is 0 Å². The molecule has 0 amide bonds. The fourth-order valence-electron chi connectivity index (χ4n) is 1.82. The van der Waals surface area contributed by atoms with Gasteiger partial charge < -0.3 is 5.11 Å². The molecule has 0 saturated carbocycles. The van der Waals surface area contributed by atoms with Crippen LogP contribution in [0.4, 0.5) is 0 Å². The van der Waals surface area contributed by atoms with Gasteiger partial charge in [0.15, 0.2) is 0 Å². The van der Waals surface area contributed by atoms with Gasteiger partial charge in [0.25, 0.3) is 0 Å². The van der Waals surface area contributed by atoms with Crippen LogP contribution in [-0.4, -0.2) is 10.1 Å². The maximum atomic E-state index is 9.30. The number of aromatic hydroxyl groups is 1. The number of phenols is 1. The van der Waals surface area contributed by atoms with E-state index in [-0.39, 0.29) is 5.75 Å². The predicted molar refractivity (Wildman–Crippen MR) is 74.7 cm³/mol. The van der Waals surface area contributed by atoms with Gasteiger partial charge in [-0.2, -0.15) is 0 Å². The van der Waals surface area contributed by atoms with Crippen LogP contribution in [-0.2, 0) is 0 Å². The highest BCUT2D eigenvalue weighted by atomic mass is 32.1. The van der Waals surface area contributed by atoms with E-state index in [1.165, 1.54) is 0 Å². The summed E-state index contributed by atoms with van der Waals surface area (Å²) in [6.45, 7) is 0. The average Bonchev–Trinajstić information content (AvgIpc) is 2.94. The molecule has 0 radical (unpaired) electrons. The van der Waals surface area contributed by atoms with Crippen molar-refractivity contribution in [3.05, 3.63) is 60.1 Å². The highest BCUT2D eigenvalue weighted by molar-refractivity contribution is 7.13. The number of phenolic OH excluding ortho intramolecular Hbond substituents is 1.